The van der Waals surface area contributed by atoms with E-state index in [4.69, 9.17) is 37.2 Å². The van der Waals surface area contributed by atoms with Crippen molar-refractivity contribution in [3.05, 3.63) is 39.6 Å². The van der Waals surface area contributed by atoms with E-state index in [2.05, 4.69) is 5.16 Å². The number of carbonyl (C=O) groups excluding carboxylic acids is 1. The van der Waals surface area contributed by atoms with Crippen LogP contribution < -0.4 is 0 Å². The van der Waals surface area contributed by atoms with E-state index in [0.717, 1.165) is 43.4 Å². The zero-order chi connectivity index (χ0) is 22.2. The van der Waals surface area contributed by atoms with Gasteiger partial charge in [-0.05, 0) is 65.0 Å². The first-order chi connectivity index (χ1) is 14.7. The Labute approximate surface area is 192 Å². The second-order valence-electron chi connectivity index (χ2n) is 9.18. The number of halogens is 2. The Morgan fingerprint density at radius 2 is 1.90 bits per heavy atom. The summed E-state index contributed by atoms with van der Waals surface area (Å²) in [5.74, 6) is 1.17. The first kappa shape index (κ1) is 22.4. The molecule has 1 amide bonds. The van der Waals surface area contributed by atoms with Gasteiger partial charge in [-0.25, -0.2) is 4.79 Å². The fraction of sp³-hybridized carbons (Fsp3) is 0.565. The molecular formula is C23H28Cl2N2O4. The molecule has 1 aromatic carbocycles. The van der Waals surface area contributed by atoms with E-state index in [1.165, 1.54) is 0 Å². The lowest BCUT2D eigenvalue weighted by atomic mass is 10.0. The average Bonchev–Trinajstić information content (AvgIpc) is 3.46. The molecule has 0 radical (unpaired) electrons. The number of ether oxygens (including phenoxy) is 2. The Morgan fingerprint density at radius 3 is 2.55 bits per heavy atom. The van der Waals surface area contributed by atoms with E-state index >= 15 is 0 Å². The van der Waals surface area contributed by atoms with E-state index in [0.29, 0.717) is 33.8 Å². The third-order valence-corrected chi connectivity index (χ3v) is 6.09. The number of aromatic nitrogens is 1. The molecule has 0 N–H and O–H groups in total. The topological polar surface area (TPSA) is 64.8 Å². The molecule has 1 aliphatic heterocycles. The number of hydrogen-bond donors (Lipinski definition) is 0. The average molecular weight is 467 g/mol. The van der Waals surface area contributed by atoms with Crippen molar-refractivity contribution in [1.82, 2.24) is 10.1 Å². The van der Waals surface area contributed by atoms with Gasteiger partial charge in [-0.15, -0.1) is 0 Å². The van der Waals surface area contributed by atoms with Crippen molar-refractivity contribution in [3.63, 3.8) is 0 Å². The largest absolute Gasteiger partial charge is 0.444 e. The van der Waals surface area contributed by atoms with Gasteiger partial charge >= 0.3 is 6.09 Å². The van der Waals surface area contributed by atoms with Gasteiger partial charge in [0.05, 0.1) is 16.7 Å². The molecule has 1 atom stereocenters. The lowest BCUT2D eigenvalue weighted by molar-refractivity contribution is -0.0899. The Bertz CT molecular complexity index is 929. The number of amides is 1. The van der Waals surface area contributed by atoms with Crippen molar-refractivity contribution in [2.45, 2.75) is 77.2 Å². The molecule has 1 aliphatic carbocycles. The van der Waals surface area contributed by atoms with Crippen LogP contribution >= 0.6 is 23.2 Å². The van der Waals surface area contributed by atoms with Crippen LogP contribution in [0.2, 0.25) is 10.0 Å². The van der Waals surface area contributed by atoms with E-state index in [-0.39, 0.29) is 18.9 Å². The minimum Gasteiger partial charge on any atom is -0.444 e. The van der Waals surface area contributed by atoms with Crippen molar-refractivity contribution >= 4 is 29.3 Å². The Hall–Kier alpha value is -1.76. The predicted molar refractivity (Wildman–Crippen MR) is 119 cm³/mol. The molecule has 2 aliphatic rings. The van der Waals surface area contributed by atoms with Gasteiger partial charge in [-0.1, -0.05) is 34.4 Å². The SMILES string of the molecule is CC(C)(C)OC(=O)N1CCCCC1OCc1c(-c2c(Cl)cccc2Cl)noc1C1CC1. The molecule has 1 saturated heterocycles. The van der Waals surface area contributed by atoms with E-state index in [1.54, 1.807) is 23.1 Å². The molecule has 1 unspecified atom stereocenters. The summed E-state index contributed by atoms with van der Waals surface area (Å²) in [5, 5.41) is 5.33. The molecule has 2 fully saturated rings. The minimum atomic E-state index is -0.555. The maximum atomic E-state index is 12.7. The normalized spacial score (nSPS) is 19.5. The molecule has 1 aromatic heterocycles. The summed E-state index contributed by atoms with van der Waals surface area (Å²) in [6, 6.07) is 5.36. The van der Waals surface area contributed by atoms with Crippen molar-refractivity contribution in [2.75, 3.05) is 6.54 Å². The van der Waals surface area contributed by atoms with Crippen molar-refractivity contribution in [1.29, 1.82) is 0 Å². The number of piperidine rings is 1. The molecule has 168 valence electrons. The number of likely N-dealkylation sites (tertiary alicyclic amines) is 1. The fourth-order valence-electron chi connectivity index (χ4n) is 3.83. The monoisotopic (exact) mass is 466 g/mol. The van der Waals surface area contributed by atoms with E-state index in [1.807, 2.05) is 20.8 Å². The zero-order valence-corrected chi connectivity index (χ0v) is 19.6. The second-order valence-corrected chi connectivity index (χ2v) is 9.99. The third-order valence-electron chi connectivity index (χ3n) is 5.46. The molecule has 2 aromatic rings. The Kier molecular flexibility index (Phi) is 6.52. The number of benzene rings is 1. The smallest absolute Gasteiger partial charge is 0.412 e. The van der Waals surface area contributed by atoms with Gasteiger partial charge in [0.25, 0.3) is 0 Å². The van der Waals surface area contributed by atoms with Crippen molar-refractivity contribution in [2.24, 2.45) is 0 Å². The lowest BCUT2D eigenvalue weighted by Crippen LogP contribution is -2.47. The van der Waals surface area contributed by atoms with Crippen LogP contribution in [0.4, 0.5) is 4.79 Å². The molecule has 0 spiro atoms. The Balaban J connectivity index is 1.57. The lowest BCUT2D eigenvalue weighted by Gasteiger charge is -2.36. The minimum absolute atomic E-state index is 0.260. The van der Waals surface area contributed by atoms with Crippen molar-refractivity contribution < 1.29 is 18.8 Å². The quantitative estimate of drug-likeness (QED) is 0.485. The summed E-state index contributed by atoms with van der Waals surface area (Å²) in [6.45, 7) is 6.47. The summed E-state index contributed by atoms with van der Waals surface area (Å²) >= 11 is 12.9. The van der Waals surface area contributed by atoms with Crippen LogP contribution in [0.5, 0.6) is 0 Å². The van der Waals surface area contributed by atoms with Crippen LogP contribution in [-0.4, -0.2) is 34.5 Å². The second kappa shape index (κ2) is 9.00. The summed E-state index contributed by atoms with van der Waals surface area (Å²) in [6.07, 6.45) is 4.09. The van der Waals surface area contributed by atoms with Gasteiger partial charge in [-0.2, -0.15) is 0 Å². The molecule has 4 rings (SSSR count). The standard InChI is InChI=1S/C23H28Cl2N2O4/c1-23(2,3)30-22(28)27-12-5-4-9-18(27)29-13-15-20(26-31-21(15)14-10-11-14)19-16(24)7-6-8-17(19)25/h6-8,14,18H,4-5,9-13H2,1-3H3. The molecule has 0 bridgehead atoms. The van der Waals surface area contributed by atoms with Crippen LogP contribution in [0, 0.1) is 0 Å². The number of nitrogens with zero attached hydrogens (tertiary/aromatic N) is 2. The summed E-state index contributed by atoms with van der Waals surface area (Å²) < 4.78 is 17.6. The van der Waals surface area contributed by atoms with E-state index < -0.39 is 5.60 Å². The molecule has 8 heteroatoms. The van der Waals surface area contributed by atoms with Gasteiger partial charge in [0.2, 0.25) is 0 Å². The highest BCUT2D eigenvalue weighted by Crippen LogP contribution is 2.46. The van der Waals surface area contributed by atoms with Gasteiger partial charge in [0.1, 0.15) is 23.3 Å². The van der Waals surface area contributed by atoms with Gasteiger partial charge < -0.3 is 14.0 Å². The van der Waals surface area contributed by atoms with Crippen LogP contribution in [0.15, 0.2) is 22.7 Å². The summed E-state index contributed by atoms with van der Waals surface area (Å²) in [7, 11) is 0. The van der Waals surface area contributed by atoms with Gasteiger partial charge in [0.15, 0.2) is 0 Å². The highest BCUT2D eigenvalue weighted by molar-refractivity contribution is 6.39. The molecular weight excluding hydrogens is 439 g/mol. The van der Waals surface area contributed by atoms with Gasteiger partial charge in [0, 0.05) is 23.6 Å². The highest BCUT2D eigenvalue weighted by atomic mass is 35.5. The van der Waals surface area contributed by atoms with Crippen LogP contribution in [0.3, 0.4) is 0 Å². The Morgan fingerprint density at radius 1 is 1.19 bits per heavy atom. The molecule has 6 nitrogen and oxygen atoms in total. The molecule has 1 saturated carbocycles. The maximum Gasteiger partial charge on any atom is 0.412 e. The first-order valence-corrected chi connectivity index (χ1v) is 11.5. The first-order valence-electron chi connectivity index (χ1n) is 10.8. The third kappa shape index (κ3) is 5.18. The van der Waals surface area contributed by atoms with Gasteiger partial charge in [-0.3, -0.25) is 4.90 Å². The van der Waals surface area contributed by atoms with Crippen LogP contribution in [-0.2, 0) is 16.1 Å². The number of rotatable bonds is 5. The number of carbonyl (C=O) groups is 1. The van der Waals surface area contributed by atoms with Crippen molar-refractivity contribution in [3.8, 4) is 11.3 Å². The van der Waals surface area contributed by atoms with Crippen LogP contribution in [0.1, 0.15) is 70.1 Å². The zero-order valence-electron chi connectivity index (χ0n) is 18.1. The summed E-state index contributed by atoms with van der Waals surface area (Å²) in [4.78, 5) is 14.4. The molecule has 31 heavy (non-hydrogen) atoms. The summed E-state index contributed by atoms with van der Waals surface area (Å²) in [5.41, 5.74) is 1.55. The highest BCUT2D eigenvalue weighted by Gasteiger charge is 2.35. The predicted octanol–water partition coefficient (Wildman–Crippen LogP) is 6.79. The number of hydrogen-bond acceptors (Lipinski definition) is 5. The molecule has 2 heterocycles. The maximum absolute atomic E-state index is 12.7. The van der Waals surface area contributed by atoms with E-state index in [9.17, 15) is 4.79 Å². The fourth-order valence-corrected chi connectivity index (χ4v) is 4.41. The van der Waals surface area contributed by atoms with Crippen LogP contribution in [0.25, 0.3) is 11.3 Å².